The number of hydrogen-bond acceptors (Lipinski definition) is 6. The number of aliphatic carboxylic acids is 2. The van der Waals surface area contributed by atoms with E-state index in [0.717, 1.165) is 0 Å². The van der Waals surface area contributed by atoms with Gasteiger partial charge in [0, 0.05) is 6.42 Å². The first kappa shape index (κ1) is 26.3. The molecule has 4 atom stereocenters. The molecule has 0 aromatic rings. The molecule has 0 unspecified atom stereocenters. The first-order valence-electron chi connectivity index (χ1n) is 9.48. The second-order valence-corrected chi connectivity index (χ2v) is 7.25. The molecule has 0 saturated carbocycles. The highest BCUT2D eigenvalue weighted by Crippen LogP contribution is 2.07. The Kier molecular flexibility index (Phi) is 11.5. The molecule has 0 bridgehead atoms. The molecule has 0 saturated heterocycles. The summed E-state index contributed by atoms with van der Waals surface area (Å²) in [6.45, 7) is 6.38. The van der Waals surface area contributed by atoms with Crippen LogP contribution >= 0.6 is 0 Å². The molecule has 0 rings (SSSR count). The van der Waals surface area contributed by atoms with Crippen molar-refractivity contribution < 1.29 is 34.2 Å². The standard InChI is InChI=1S/C18H32N4O7/c1-5-10(4)15(18(28)29)22-12(23)8-20-16(26)11(6-7-13(24)25)21-17(27)14(19)9(2)3/h9-11,14-15H,5-8,19H2,1-4H3,(H,20,26)(H,21,27)(H,22,23)(H,24,25)(H,28,29)/t10-,11-,14-,15-/m0/s1. The Morgan fingerprint density at radius 3 is 2.00 bits per heavy atom. The van der Waals surface area contributed by atoms with Crippen molar-refractivity contribution in [3.8, 4) is 0 Å². The van der Waals surface area contributed by atoms with Gasteiger partial charge in [-0.15, -0.1) is 0 Å². The van der Waals surface area contributed by atoms with Crippen molar-refractivity contribution in [1.29, 1.82) is 0 Å². The molecule has 0 heterocycles. The van der Waals surface area contributed by atoms with Crippen LogP contribution in [0.25, 0.3) is 0 Å². The van der Waals surface area contributed by atoms with Gasteiger partial charge in [0.05, 0.1) is 12.6 Å². The van der Waals surface area contributed by atoms with E-state index in [0.29, 0.717) is 6.42 Å². The Morgan fingerprint density at radius 1 is 0.966 bits per heavy atom. The lowest BCUT2D eigenvalue weighted by Gasteiger charge is -2.22. The van der Waals surface area contributed by atoms with Gasteiger partial charge in [-0.05, 0) is 18.3 Å². The van der Waals surface area contributed by atoms with Crippen LogP contribution < -0.4 is 21.7 Å². The van der Waals surface area contributed by atoms with Crippen LogP contribution in [-0.4, -0.2) is 64.5 Å². The highest BCUT2D eigenvalue weighted by atomic mass is 16.4. The average Bonchev–Trinajstić information content (AvgIpc) is 2.65. The number of amides is 3. The lowest BCUT2D eigenvalue weighted by Crippen LogP contribution is -2.54. The summed E-state index contributed by atoms with van der Waals surface area (Å²) in [7, 11) is 0. The monoisotopic (exact) mass is 416 g/mol. The fourth-order valence-corrected chi connectivity index (χ4v) is 2.31. The molecule has 0 aliphatic heterocycles. The second-order valence-electron chi connectivity index (χ2n) is 7.25. The van der Waals surface area contributed by atoms with Gasteiger partial charge < -0.3 is 31.9 Å². The van der Waals surface area contributed by atoms with Crippen LogP contribution in [-0.2, 0) is 24.0 Å². The van der Waals surface area contributed by atoms with E-state index in [9.17, 15) is 29.1 Å². The fourth-order valence-electron chi connectivity index (χ4n) is 2.31. The zero-order valence-corrected chi connectivity index (χ0v) is 17.2. The van der Waals surface area contributed by atoms with Gasteiger partial charge in [0.2, 0.25) is 17.7 Å². The lowest BCUT2D eigenvalue weighted by atomic mass is 9.99. The van der Waals surface area contributed by atoms with Crippen LogP contribution in [0.15, 0.2) is 0 Å². The summed E-state index contributed by atoms with van der Waals surface area (Å²) in [5.41, 5.74) is 5.73. The summed E-state index contributed by atoms with van der Waals surface area (Å²) in [5, 5.41) is 25.0. The van der Waals surface area contributed by atoms with Crippen LogP contribution in [0.2, 0.25) is 0 Å². The molecule has 0 aliphatic carbocycles. The molecule has 0 aliphatic rings. The highest BCUT2D eigenvalue weighted by Gasteiger charge is 2.28. The molecule has 3 amide bonds. The minimum atomic E-state index is -1.19. The third-order valence-electron chi connectivity index (χ3n) is 4.52. The van der Waals surface area contributed by atoms with Crippen molar-refractivity contribution in [2.24, 2.45) is 17.6 Å². The minimum absolute atomic E-state index is 0.191. The molecule has 11 nitrogen and oxygen atoms in total. The maximum Gasteiger partial charge on any atom is 0.326 e. The van der Waals surface area contributed by atoms with Crippen molar-refractivity contribution in [3.05, 3.63) is 0 Å². The van der Waals surface area contributed by atoms with E-state index >= 15 is 0 Å². The summed E-state index contributed by atoms with van der Waals surface area (Å²) in [6, 6.07) is -3.18. The van der Waals surface area contributed by atoms with E-state index in [-0.39, 0.29) is 24.7 Å². The number of carboxylic acids is 2. The fraction of sp³-hybridized carbons (Fsp3) is 0.722. The molecule has 7 N–H and O–H groups in total. The Morgan fingerprint density at radius 2 is 1.55 bits per heavy atom. The van der Waals surface area contributed by atoms with Gasteiger partial charge in [-0.25, -0.2) is 4.79 Å². The maximum absolute atomic E-state index is 12.3. The molecular formula is C18H32N4O7. The van der Waals surface area contributed by atoms with Crippen molar-refractivity contribution in [3.63, 3.8) is 0 Å². The minimum Gasteiger partial charge on any atom is -0.481 e. The van der Waals surface area contributed by atoms with Gasteiger partial charge in [0.1, 0.15) is 12.1 Å². The predicted molar refractivity (Wildman–Crippen MR) is 104 cm³/mol. The second kappa shape index (κ2) is 12.7. The number of nitrogens with one attached hydrogen (secondary N) is 3. The van der Waals surface area contributed by atoms with E-state index in [2.05, 4.69) is 16.0 Å². The highest BCUT2D eigenvalue weighted by molar-refractivity contribution is 5.92. The van der Waals surface area contributed by atoms with Crippen LogP contribution in [0.1, 0.15) is 47.0 Å². The zero-order valence-electron chi connectivity index (χ0n) is 17.2. The molecule has 166 valence electrons. The summed E-state index contributed by atoms with van der Waals surface area (Å²) in [5.74, 6) is -4.94. The van der Waals surface area contributed by atoms with Gasteiger partial charge in [-0.2, -0.15) is 0 Å². The third-order valence-corrected chi connectivity index (χ3v) is 4.52. The maximum atomic E-state index is 12.3. The van der Waals surface area contributed by atoms with E-state index in [1.54, 1.807) is 27.7 Å². The van der Waals surface area contributed by atoms with Crippen molar-refractivity contribution in [2.75, 3.05) is 6.54 Å². The molecule has 0 fully saturated rings. The largest absolute Gasteiger partial charge is 0.481 e. The van der Waals surface area contributed by atoms with E-state index in [1.165, 1.54) is 0 Å². The number of hydrogen-bond donors (Lipinski definition) is 6. The first-order valence-corrected chi connectivity index (χ1v) is 9.48. The van der Waals surface area contributed by atoms with Crippen molar-refractivity contribution >= 4 is 29.7 Å². The molecule has 0 aromatic heterocycles. The van der Waals surface area contributed by atoms with Crippen LogP contribution in [0.4, 0.5) is 0 Å². The third kappa shape index (κ3) is 9.88. The molecule has 11 heteroatoms. The SMILES string of the molecule is CC[C@H](C)[C@H](NC(=O)CNC(=O)[C@H](CCC(=O)O)NC(=O)[C@@H](N)C(C)C)C(=O)O. The number of carbonyl (C=O) groups excluding carboxylic acids is 3. The van der Waals surface area contributed by atoms with E-state index < -0.39 is 54.3 Å². The molecule has 0 spiro atoms. The Hall–Kier alpha value is -2.69. The molecule has 0 radical (unpaired) electrons. The van der Waals surface area contributed by atoms with Crippen LogP contribution in [0.3, 0.4) is 0 Å². The molecule has 29 heavy (non-hydrogen) atoms. The summed E-state index contributed by atoms with van der Waals surface area (Å²) >= 11 is 0. The Bertz CT molecular complexity index is 609. The quantitative estimate of drug-likeness (QED) is 0.221. The number of nitrogens with two attached hydrogens (primary N) is 1. The average molecular weight is 416 g/mol. The summed E-state index contributed by atoms with van der Waals surface area (Å²) in [4.78, 5) is 58.5. The van der Waals surface area contributed by atoms with E-state index in [4.69, 9.17) is 10.8 Å². The van der Waals surface area contributed by atoms with E-state index in [1.807, 2.05) is 0 Å². The van der Waals surface area contributed by atoms with Gasteiger partial charge >= 0.3 is 11.9 Å². The van der Waals surface area contributed by atoms with Crippen LogP contribution in [0.5, 0.6) is 0 Å². The summed E-state index contributed by atoms with van der Waals surface area (Å²) < 4.78 is 0. The first-order chi connectivity index (χ1) is 13.4. The van der Waals surface area contributed by atoms with Gasteiger partial charge in [-0.1, -0.05) is 34.1 Å². The smallest absolute Gasteiger partial charge is 0.326 e. The summed E-state index contributed by atoms with van der Waals surface area (Å²) in [6.07, 6.45) is -0.0381. The van der Waals surface area contributed by atoms with Crippen molar-refractivity contribution in [1.82, 2.24) is 16.0 Å². The van der Waals surface area contributed by atoms with Gasteiger partial charge in [0.15, 0.2) is 0 Å². The van der Waals surface area contributed by atoms with Crippen molar-refractivity contribution in [2.45, 2.75) is 65.1 Å². The number of carboxylic acid groups (broad SMARTS) is 2. The molecule has 0 aromatic carbocycles. The Labute approximate surface area is 169 Å². The number of rotatable bonds is 13. The van der Waals surface area contributed by atoms with Gasteiger partial charge in [0.25, 0.3) is 0 Å². The predicted octanol–water partition coefficient (Wildman–Crippen LogP) is -0.949. The topological polar surface area (TPSA) is 188 Å². The normalized spacial score (nSPS) is 15.0. The zero-order chi connectivity index (χ0) is 22.7. The molecular weight excluding hydrogens is 384 g/mol. The number of carbonyl (C=O) groups is 5. The van der Waals surface area contributed by atoms with Gasteiger partial charge in [-0.3, -0.25) is 19.2 Å². The van der Waals surface area contributed by atoms with Crippen LogP contribution in [0, 0.1) is 11.8 Å². The lowest BCUT2D eigenvalue weighted by molar-refractivity contribution is -0.143. The Balaban J connectivity index is 4.94.